The van der Waals surface area contributed by atoms with Gasteiger partial charge >= 0.3 is 0 Å². The van der Waals surface area contributed by atoms with E-state index in [0.717, 1.165) is 37.1 Å². The molecule has 0 bridgehead atoms. The number of H-pyrrole nitrogens is 1. The summed E-state index contributed by atoms with van der Waals surface area (Å²) in [5.41, 5.74) is 1.61. The normalized spacial score (nSPS) is 17.0. The first-order valence-corrected chi connectivity index (χ1v) is 6.93. The van der Waals surface area contributed by atoms with Crippen molar-refractivity contribution in [1.29, 1.82) is 0 Å². The van der Waals surface area contributed by atoms with Crippen molar-refractivity contribution in [3.05, 3.63) is 23.1 Å². The zero-order chi connectivity index (χ0) is 13.4. The molecule has 1 atom stereocenters. The second-order valence-corrected chi connectivity index (χ2v) is 5.27. The Bertz CT molecular complexity index is 669. The Kier molecular flexibility index (Phi) is 3.10. The molecular formula is C13H16N4OS. The molecule has 1 aliphatic heterocycles. The number of hydrogen-bond donors (Lipinski definition) is 1. The van der Waals surface area contributed by atoms with E-state index in [0.29, 0.717) is 4.77 Å². The molecule has 1 N–H and O–H groups in total. The van der Waals surface area contributed by atoms with Crippen molar-refractivity contribution in [1.82, 2.24) is 19.4 Å². The number of likely N-dealkylation sites (tertiary alicyclic amines) is 1. The van der Waals surface area contributed by atoms with E-state index in [4.69, 9.17) is 12.2 Å². The van der Waals surface area contributed by atoms with Crippen molar-refractivity contribution in [2.45, 2.75) is 25.8 Å². The number of fused-ring (bicyclic) bond motifs is 1. The molecule has 3 rings (SSSR count). The average molecular weight is 276 g/mol. The molecule has 0 aliphatic carbocycles. The molecule has 0 saturated carbocycles. The zero-order valence-corrected chi connectivity index (χ0v) is 11.6. The number of carbonyl (C=O) groups excluding carboxylic acids is 1. The molecule has 2 aromatic heterocycles. The highest BCUT2D eigenvalue weighted by Crippen LogP contribution is 2.20. The number of imidazole rings is 1. The topological polar surface area (TPSA) is 53.9 Å². The van der Waals surface area contributed by atoms with Crippen molar-refractivity contribution < 1.29 is 4.79 Å². The van der Waals surface area contributed by atoms with Crippen LogP contribution in [-0.4, -0.2) is 38.4 Å². The van der Waals surface area contributed by atoms with Gasteiger partial charge in [0.25, 0.3) is 0 Å². The van der Waals surface area contributed by atoms with Gasteiger partial charge in [-0.3, -0.25) is 9.36 Å². The number of hydrogen-bond acceptors (Lipinski definition) is 3. The third-order valence-corrected chi connectivity index (χ3v) is 3.94. The van der Waals surface area contributed by atoms with E-state index in [1.54, 1.807) is 6.20 Å². The number of nitrogens with one attached hydrogen (secondary N) is 1. The van der Waals surface area contributed by atoms with E-state index in [1.165, 1.54) is 0 Å². The van der Waals surface area contributed by atoms with Gasteiger partial charge in [-0.2, -0.15) is 0 Å². The van der Waals surface area contributed by atoms with Gasteiger partial charge in [-0.25, -0.2) is 4.98 Å². The van der Waals surface area contributed by atoms with Crippen LogP contribution < -0.4 is 0 Å². The maximum atomic E-state index is 12.5. The Balaban J connectivity index is 2.01. The van der Waals surface area contributed by atoms with Crippen LogP contribution in [-0.2, 0) is 4.79 Å². The van der Waals surface area contributed by atoms with Crippen molar-refractivity contribution in [2.75, 3.05) is 13.1 Å². The van der Waals surface area contributed by atoms with Gasteiger partial charge in [-0.05, 0) is 44.1 Å². The van der Waals surface area contributed by atoms with Crippen molar-refractivity contribution in [3.8, 4) is 0 Å². The Morgan fingerprint density at radius 1 is 1.47 bits per heavy atom. The first kappa shape index (κ1) is 12.3. The fourth-order valence-electron chi connectivity index (χ4n) is 2.63. The summed E-state index contributed by atoms with van der Waals surface area (Å²) in [6.45, 7) is 3.59. The standard InChI is InChI=1S/C13H16N4OS/c1-9(12(18)16-7-2-3-8-16)17-11-10(15-13(17)19)5-4-6-14-11/h4-6,9H,2-3,7-8H2,1H3,(H,15,19). The summed E-state index contributed by atoms with van der Waals surface area (Å²) in [6, 6.07) is 3.46. The number of amides is 1. The van der Waals surface area contributed by atoms with Crippen LogP contribution in [0.4, 0.5) is 0 Å². The van der Waals surface area contributed by atoms with Gasteiger partial charge in [-0.1, -0.05) is 0 Å². The Morgan fingerprint density at radius 3 is 2.95 bits per heavy atom. The smallest absolute Gasteiger partial charge is 0.245 e. The van der Waals surface area contributed by atoms with E-state index in [9.17, 15) is 4.79 Å². The highest BCUT2D eigenvalue weighted by Gasteiger charge is 2.26. The van der Waals surface area contributed by atoms with Crippen LogP contribution in [0.15, 0.2) is 18.3 Å². The second kappa shape index (κ2) is 4.77. The molecule has 1 fully saturated rings. The molecule has 100 valence electrons. The molecule has 0 radical (unpaired) electrons. The summed E-state index contributed by atoms with van der Waals surface area (Å²) in [5.74, 6) is 0.125. The van der Waals surface area contributed by atoms with E-state index >= 15 is 0 Å². The first-order chi connectivity index (χ1) is 9.18. The summed E-state index contributed by atoms with van der Waals surface area (Å²) in [5, 5.41) is 0. The maximum Gasteiger partial charge on any atom is 0.245 e. The third-order valence-electron chi connectivity index (χ3n) is 3.64. The molecule has 3 heterocycles. The number of nitrogens with zero attached hydrogens (tertiary/aromatic N) is 3. The zero-order valence-electron chi connectivity index (χ0n) is 10.8. The van der Waals surface area contributed by atoms with Gasteiger partial charge in [0.1, 0.15) is 6.04 Å². The molecule has 1 unspecified atom stereocenters. The van der Waals surface area contributed by atoms with Crippen LogP contribution in [0.2, 0.25) is 0 Å². The molecule has 19 heavy (non-hydrogen) atoms. The molecule has 0 aromatic carbocycles. The minimum atomic E-state index is -0.311. The number of aromatic nitrogens is 3. The summed E-state index contributed by atoms with van der Waals surface area (Å²) < 4.78 is 2.36. The largest absolute Gasteiger partial charge is 0.341 e. The lowest BCUT2D eigenvalue weighted by atomic mass is 10.3. The van der Waals surface area contributed by atoms with Gasteiger partial charge in [0.2, 0.25) is 5.91 Å². The molecule has 5 nitrogen and oxygen atoms in total. The van der Waals surface area contributed by atoms with E-state index < -0.39 is 0 Å². The Labute approximate surface area is 116 Å². The van der Waals surface area contributed by atoms with Crippen LogP contribution in [0.1, 0.15) is 25.8 Å². The molecule has 1 amide bonds. The predicted octanol–water partition coefficient (Wildman–Crippen LogP) is 2.28. The summed E-state index contributed by atoms with van der Waals surface area (Å²) in [6.07, 6.45) is 3.90. The Hall–Kier alpha value is -1.69. The highest BCUT2D eigenvalue weighted by atomic mass is 32.1. The average Bonchev–Trinajstić information content (AvgIpc) is 3.03. The van der Waals surface area contributed by atoms with Crippen LogP contribution in [0.3, 0.4) is 0 Å². The SMILES string of the molecule is CC(C(=O)N1CCCC1)n1c(=S)[nH]c2cccnc21. The maximum absolute atomic E-state index is 12.5. The minimum absolute atomic E-state index is 0.125. The van der Waals surface area contributed by atoms with Gasteiger partial charge < -0.3 is 9.88 Å². The fraction of sp³-hybridized carbons (Fsp3) is 0.462. The summed E-state index contributed by atoms with van der Waals surface area (Å²) in [7, 11) is 0. The highest BCUT2D eigenvalue weighted by molar-refractivity contribution is 7.71. The molecule has 1 aliphatic rings. The minimum Gasteiger partial charge on any atom is -0.341 e. The summed E-state index contributed by atoms with van der Waals surface area (Å²) >= 11 is 5.32. The van der Waals surface area contributed by atoms with Crippen LogP contribution in [0, 0.1) is 4.77 Å². The number of pyridine rings is 1. The monoisotopic (exact) mass is 276 g/mol. The first-order valence-electron chi connectivity index (χ1n) is 6.52. The fourth-order valence-corrected chi connectivity index (χ4v) is 2.98. The third kappa shape index (κ3) is 2.06. The van der Waals surface area contributed by atoms with Gasteiger partial charge in [0.15, 0.2) is 10.4 Å². The van der Waals surface area contributed by atoms with Gasteiger partial charge in [0.05, 0.1) is 5.52 Å². The molecular weight excluding hydrogens is 260 g/mol. The van der Waals surface area contributed by atoms with E-state index in [-0.39, 0.29) is 11.9 Å². The van der Waals surface area contributed by atoms with Crippen molar-refractivity contribution in [3.63, 3.8) is 0 Å². The van der Waals surface area contributed by atoms with E-state index in [2.05, 4.69) is 9.97 Å². The van der Waals surface area contributed by atoms with Crippen molar-refractivity contribution >= 4 is 29.3 Å². The van der Waals surface area contributed by atoms with Crippen LogP contribution in [0.25, 0.3) is 11.2 Å². The van der Waals surface area contributed by atoms with E-state index in [1.807, 2.05) is 28.5 Å². The van der Waals surface area contributed by atoms with Crippen molar-refractivity contribution in [2.24, 2.45) is 0 Å². The van der Waals surface area contributed by atoms with Gasteiger partial charge in [0, 0.05) is 19.3 Å². The van der Waals surface area contributed by atoms with Crippen LogP contribution >= 0.6 is 12.2 Å². The molecule has 2 aromatic rings. The second-order valence-electron chi connectivity index (χ2n) is 4.88. The molecule has 0 spiro atoms. The number of aromatic amines is 1. The number of carbonyl (C=O) groups is 1. The lowest BCUT2D eigenvalue weighted by Gasteiger charge is -2.21. The molecule has 6 heteroatoms. The van der Waals surface area contributed by atoms with Gasteiger partial charge in [-0.15, -0.1) is 0 Å². The lowest BCUT2D eigenvalue weighted by molar-refractivity contribution is -0.133. The number of rotatable bonds is 2. The molecule has 1 saturated heterocycles. The Morgan fingerprint density at radius 2 is 2.21 bits per heavy atom. The summed E-state index contributed by atoms with van der Waals surface area (Å²) in [4.78, 5) is 21.8. The predicted molar refractivity (Wildman–Crippen MR) is 75.4 cm³/mol. The van der Waals surface area contributed by atoms with Crippen LogP contribution in [0.5, 0.6) is 0 Å². The quantitative estimate of drug-likeness (QED) is 0.856. The lowest BCUT2D eigenvalue weighted by Crippen LogP contribution is -2.34.